The minimum absolute atomic E-state index is 0.279. The van der Waals surface area contributed by atoms with E-state index in [0.29, 0.717) is 11.6 Å². The normalized spacial score (nSPS) is 11.4. The lowest BCUT2D eigenvalue weighted by atomic mass is 10.6. The van der Waals surface area contributed by atoms with Crippen LogP contribution in [0.1, 0.15) is 5.82 Å². The highest BCUT2D eigenvalue weighted by Crippen LogP contribution is 2.07. The molecule has 2 rings (SSSR count). The summed E-state index contributed by atoms with van der Waals surface area (Å²) in [6.07, 6.45) is 3.41. The molecule has 0 spiro atoms. The van der Waals surface area contributed by atoms with Crippen molar-refractivity contribution >= 4 is 21.7 Å². The van der Waals surface area contributed by atoms with Crippen molar-refractivity contribution < 1.29 is 5.21 Å². The molecule has 2 heterocycles. The maximum absolute atomic E-state index is 9.00. The van der Waals surface area contributed by atoms with E-state index < -0.39 is 0 Å². The summed E-state index contributed by atoms with van der Waals surface area (Å²) < 4.78 is 2.39. The molecule has 7 heteroatoms. The zero-order valence-corrected chi connectivity index (χ0v) is 9.01. The zero-order valence-electron chi connectivity index (χ0n) is 7.42. The molecule has 0 aliphatic carbocycles. The molecular formula is C7H8BrN5O. The number of nitrogens with zero attached hydrogens (tertiary/aromatic N) is 5. The maximum atomic E-state index is 9.00. The van der Waals surface area contributed by atoms with Crippen LogP contribution in [0.15, 0.2) is 16.9 Å². The van der Waals surface area contributed by atoms with E-state index in [4.69, 9.17) is 5.21 Å². The third-order valence-electron chi connectivity index (χ3n) is 1.58. The number of hydrogen-bond acceptors (Lipinski definition) is 5. The van der Waals surface area contributed by atoms with Gasteiger partial charge in [0.2, 0.25) is 0 Å². The van der Waals surface area contributed by atoms with Gasteiger partial charge in [0.25, 0.3) is 5.78 Å². The second kappa shape index (κ2) is 3.60. The highest BCUT2D eigenvalue weighted by Gasteiger charge is 2.05. The Morgan fingerprint density at radius 2 is 2.43 bits per heavy atom. The molecule has 74 valence electrons. The Hall–Kier alpha value is -1.05. The first-order valence-electron chi connectivity index (χ1n) is 3.92. The van der Waals surface area contributed by atoms with Gasteiger partial charge in [-0.05, 0) is 15.9 Å². The van der Waals surface area contributed by atoms with Crippen LogP contribution in [0.5, 0.6) is 0 Å². The van der Waals surface area contributed by atoms with Crippen molar-refractivity contribution in [2.45, 2.75) is 6.54 Å². The SMILES string of the molecule is CN(O)Cc1nc2ncc(Br)cn2n1. The molecular weight excluding hydrogens is 250 g/mol. The van der Waals surface area contributed by atoms with Crippen LogP contribution in [0.2, 0.25) is 0 Å². The predicted molar refractivity (Wildman–Crippen MR) is 51.7 cm³/mol. The van der Waals surface area contributed by atoms with Crippen LogP contribution in [0.25, 0.3) is 5.78 Å². The van der Waals surface area contributed by atoms with Gasteiger partial charge in [0, 0.05) is 19.4 Å². The van der Waals surface area contributed by atoms with Crippen molar-refractivity contribution in [3.8, 4) is 0 Å². The van der Waals surface area contributed by atoms with Crippen molar-refractivity contribution in [3.05, 3.63) is 22.7 Å². The number of fused-ring (bicyclic) bond motifs is 1. The van der Waals surface area contributed by atoms with Gasteiger partial charge in [0.05, 0.1) is 11.0 Å². The van der Waals surface area contributed by atoms with Crippen molar-refractivity contribution in [1.29, 1.82) is 0 Å². The Labute approximate surface area is 88.3 Å². The first-order chi connectivity index (χ1) is 6.65. The molecule has 0 bridgehead atoms. The fourth-order valence-electron chi connectivity index (χ4n) is 1.07. The van der Waals surface area contributed by atoms with E-state index in [9.17, 15) is 0 Å². The van der Waals surface area contributed by atoms with Gasteiger partial charge >= 0.3 is 0 Å². The highest BCUT2D eigenvalue weighted by atomic mass is 79.9. The van der Waals surface area contributed by atoms with E-state index in [-0.39, 0.29) is 6.54 Å². The van der Waals surface area contributed by atoms with Gasteiger partial charge in [-0.15, -0.1) is 5.10 Å². The largest absolute Gasteiger partial charge is 0.314 e. The highest BCUT2D eigenvalue weighted by molar-refractivity contribution is 9.10. The predicted octanol–water partition coefficient (Wildman–Crippen LogP) is 0.708. The Morgan fingerprint density at radius 3 is 3.14 bits per heavy atom. The van der Waals surface area contributed by atoms with Crippen LogP contribution in [0, 0.1) is 0 Å². The third-order valence-corrected chi connectivity index (χ3v) is 1.99. The molecule has 0 aromatic carbocycles. The Balaban J connectivity index is 2.41. The van der Waals surface area contributed by atoms with Gasteiger partial charge in [-0.3, -0.25) is 0 Å². The quantitative estimate of drug-likeness (QED) is 0.803. The van der Waals surface area contributed by atoms with Gasteiger partial charge in [-0.1, -0.05) is 0 Å². The van der Waals surface area contributed by atoms with E-state index in [0.717, 1.165) is 9.54 Å². The van der Waals surface area contributed by atoms with E-state index in [2.05, 4.69) is 31.0 Å². The van der Waals surface area contributed by atoms with E-state index in [1.165, 1.54) is 7.05 Å². The molecule has 0 aliphatic rings. The summed E-state index contributed by atoms with van der Waals surface area (Å²) in [7, 11) is 1.54. The summed E-state index contributed by atoms with van der Waals surface area (Å²) in [5.74, 6) is 1.05. The fraction of sp³-hybridized carbons (Fsp3) is 0.286. The first-order valence-corrected chi connectivity index (χ1v) is 4.71. The lowest BCUT2D eigenvalue weighted by Gasteiger charge is -2.01. The van der Waals surface area contributed by atoms with Gasteiger partial charge in [0.15, 0.2) is 5.82 Å². The van der Waals surface area contributed by atoms with Gasteiger partial charge < -0.3 is 5.21 Å². The number of halogens is 1. The molecule has 6 nitrogen and oxygen atoms in total. The lowest BCUT2D eigenvalue weighted by Crippen LogP contribution is -2.12. The summed E-state index contributed by atoms with van der Waals surface area (Å²) in [5, 5.41) is 14.1. The monoisotopic (exact) mass is 257 g/mol. The van der Waals surface area contributed by atoms with Crippen LogP contribution in [0.3, 0.4) is 0 Å². The van der Waals surface area contributed by atoms with E-state index >= 15 is 0 Å². The first kappa shape index (κ1) is 9.50. The average Bonchev–Trinajstić information content (AvgIpc) is 2.44. The Kier molecular flexibility index (Phi) is 2.44. The molecule has 14 heavy (non-hydrogen) atoms. The van der Waals surface area contributed by atoms with Crippen LogP contribution in [0.4, 0.5) is 0 Å². The average molecular weight is 258 g/mol. The molecule has 0 aliphatic heterocycles. The molecule has 0 atom stereocenters. The number of hydrogen-bond donors (Lipinski definition) is 1. The second-order valence-electron chi connectivity index (χ2n) is 2.86. The van der Waals surface area contributed by atoms with E-state index in [1.807, 2.05) is 0 Å². The number of hydroxylamine groups is 2. The minimum atomic E-state index is 0.279. The van der Waals surface area contributed by atoms with Crippen molar-refractivity contribution in [2.75, 3.05) is 7.05 Å². The maximum Gasteiger partial charge on any atom is 0.252 e. The van der Waals surface area contributed by atoms with Crippen LogP contribution in [-0.4, -0.2) is 36.9 Å². The lowest BCUT2D eigenvalue weighted by molar-refractivity contribution is -0.0749. The summed E-state index contributed by atoms with van der Waals surface area (Å²) in [6, 6.07) is 0. The zero-order chi connectivity index (χ0) is 10.1. The molecule has 0 amide bonds. The van der Waals surface area contributed by atoms with Crippen LogP contribution in [-0.2, 0) is 6.54 Å². The molecule has 0 saturated carbocycles. The van der Waals surface area contributed by atoms with Gasteiger partial charge in [-0.25, -0.2) is 9.50 Å². The van der Waals surface area contributed by atoms with Crippen molar-refractivity contribution in [2.24, 2.45) is 0 Å². The summed E-state index contributed by atoms with van der Waals surface area (Å²) >= 11 is 3.28. The van der Waals surface area contributed by atoms with Crippen molar-refractivity contribution in [1.82, 2.24) is 24.6 Å². The Morgan fingerprint density at radius 1 is 1.64 bits per heavy atom. The summed E-state index contributed by atoms with van der Waals surface area (Å²) in [4.78, 5) is 8.16. The Bertz CT molecular complexity index is 454. The standard InChI is InChI=1S/C7H8BrN5O/c1-12(14)4-6-10-7-9-2-5(8)3-13(7)11-6/h2-3,14H,4H2,1H3. The second-order valence-corrected chi connectivity index (χ2v) is 3.78. The van der Waals surface area contributed by atoms with Crippen LogP contribution < -0.4 is 0 Å². The molecule has 0 saturated heterocycles. The molecule has 1 N–H and O–H groups in total. The smallest absolute Gasteiger partial charge is 0.252 e. The molecule has 2 aromatic rings. The minimum Gasteiger partial charge on any atom is -0.314 e. The van der Waals surface area contributed by atoms with Crippen LogP contribution >= 0.6 is 15.9 Å². The number of rotatable bonds is 2. The fourth-order valence-corrected chi connectivity index (χ4v) is 1.37. The van der Waals surface area contributed by atoms with Gasteiger partial charge in [-0.2, -0.15) is 10.0 Å². The molecule has 0 unspecified atom stereocenters. The molecule has 0 fully saturated rings. The summed E-state index contributed by atoms with van der Waals surface area (Å²) in [5.41, 5.74) is 0. The third kappa shape index (κ3) is 1.89. The van der Waals surface area contributed by atoms with Crippen molar-refractivity contribution in [3.63, 3.8) is 0 Å². The molecule has 2 aromatic heterocycles. The number of aromatic nitrogens is 4. The topological polar surface area (TPSA) is 66.5 Å². The van der Waals surface area contributed by atoms with E-state index in [1.54, 1.807) is 16.9 Å². The van der Waals surface area contributed by atoms with Gasteiger partial charge in [0.1, 0.15) is 0 Å². The molecule has 0 radical (unpaired) electrons. The summed E-state index contributed by atoms with van der Waals surface area (Å²) in [6.45, 7) is 0.279.